The Morgan fingerprint density at radius 1 is 1.28 bits per heavy atom. The summed E-state index contributed by atoms with van der Waals surface area (Å²) in [6.45, 7) is 4.70. The molecule has 1 aliphatic heterocycles. The van der Waals surface area contributed by atoms with Crippen LogP contribution in [-0.2, 0) is 4.79 Å². The lowest BCUT2D eigenvalue weighted by Gasteiger charge is -2.18. The van der Waals surface area contributed by atoms with Gasteiger partial charge in [0.2, 0.25) is 0 Å². The minimum atomic E-state index is -0.374. The van der Waals surface area contributed by atoms with Crippen molar-refractivity contribution in [3.05, 3.63) is 29.3 Å². The third-order valence-electron chi connectivity index (χ3n) is 3.07. The number of para-hydroxylation sites is 1. The Hall–Kier alpha value is -1.29. The first-order valence-electron chi connectivity index (χ1n) is 6.20. The number of ketones is 1. The second-order valence-electron chi connectivity index (χ2n) is 4.31. The smallest absolute Gasteiger partial charge is 0.299 e. The number of anilines is 1. The molecule has 0 saturated heterocycles. The maximum absolute atomic E-state index is 11.9. The van der Waals surface area contributed by atoms with E-state index in [1.165, 1.54) is 0 Å². The quantitative estimate of drug-likeness (QED) is 0.605. The van der Waals surface area contributed by atoms with E-state index < -0.39 is 0 Å². The van der Waals surface area contributed by atoms with Crippen LogP contribution < -0.4 is 4.90 Å². The lowest BCUT2D eigenvalue weighted by molar-refractivity contribution is -0.114. The van der Waals surface area contributed by atoms with Crippen LogP contribution in [0, 0.1) is 6.92 Å². The summed E-state index contributed by atoms with van der Waals surface area (Å²) < 4.78 is 0. The van der Waals surface area contributed by atoms with E-state index in [-0.39, 0.29) is 11.7 Å². The average Bonchev–Trinajstić information content (AvgIpc) is 2.61. The fraction of sp³-hybridized carbons (Fsp3) is 0.429. The predicted molar refractivity (Wildman–Crippen MR) is 75.5 cm³/mol. The van der Waals surface area contributed by atoms with Crippen LogP contribution in [0.3, 0.4) is 0 Å². The Balaban J connectivity index is 2.17. The number of nitrogens with zero attached hydrogens (tertiary/aromatic N) is 1. The molecule has 0 aromatic heterocycles. The lowest BCUT2D eigenvalue weighted by Crippen LogP contribution is -2.31. The summed E-state index contributed by atoms with van der Waals surface area (Å²) in [4.78, 5) is 25.4. The van der Waals surface area contributed by atoms with E-state index in [0.29, 0.717) is 12.1 Å². The summed E-state index contributed by atoms with van der Waals surface area (Å²) >= 11 is 1.86. The second kappa shape index (κ2) is 5.57. The van der Waals surface area contributed by atoms with E-state index >= 15 is 0 Å². The summed E-state index contributed by atoms with van der Waals surface area (Å²) in [5, 5.41) is 0. The number of fused-ring (bicyclic) bond motifs is 1. The standard InChI is InChI=1S/C14H17NO2S/c1-3-18-9-5-8-15-12-10(2)6-4-7-11(12)13(16)14(15)17/h4,6-7H,3,5,8-9H2,1-2H3. The molecular weight excluding hydrogens is 246 g/mol. The molecule has 1 aromatic carbocycles. The Morgan fingerprint density at radius 2 is 2.06 bits per heavy atom. The molecule has 0 radical (unpaired) electrons. The largest absolute Gasteiger partial charge is 0.304 e. The first-order valence-corrected chi connectivity index (χ1v) is 7.35. The van der Waals surface area contributed by atoms with E-state index in [4.69, 9.17) is 0 Å². The first-order chi connectivity index (χ1) is 8.66. The van der Waals surface area contributed by atoms with Gasteiger partial charge in [-0.3, -0.25) is 9.59 Å². The highest BCUT2D eigenvalue weighted by Crippen LogP contribution is 2.32. The average molecular weight is 263 g/mol. The molecule has 1 heterocycles. The predicted octanol–water partition coefficient (Wildman–Crippen LogP) is 2.67. The molecule has 0 aliphatic carbocycles. The number of carbonyl (C=O) groups excluding carboxylic acids is 2. The maximum atomic E-state index is 11.9. The fourth-order valence-electron chi connectivity index (χ4n) is 2.22. The van der Waals surface area contributed by atoms with Crippen LogP contribution in [0.4, 0.5) is 5.69 Å². The lowest BCUT2D eigenvalue weighted by atomic mass is 10.1. The van der Waals surface area contributed by atoms with Crippen LogP contribution in [0.2, 0.25) is 0 Å². The van der Waals surface area contributed by atoms with Gasteiger partial charge in [0.15, 0.2) is 0 Å². The summed E-state index contributed by atoms with van der Waals surface area (Å²) in [6, 6.07) is 5.51. The molecule has 2 rings (SSSR count). The molecule has 96 valence electrons. The number of hydrogen-bond donors (Lipinski definition) is 0. The van der Waals surface area contributed by atoms with Crippen molar-refractivity contribution in [3.8, 4) is 0 Å². The number of carbonyl (C=O) groups is 2. The van der Waals surface area contributed by atoms with Gasteiger partial charge in [0, 0.05) is 6.54 Å². The molecule has 0 saturated carbocycles. The van der Waals surface area contributed by atoms with Gasteiger partial charge in [-0.2, -0.15) is 11.8 Å². The summed E-state index contributed by atoms with van der Waals surface area (Å²) in [6.07, 6.45) is 0.922. The molecule has 0 N–H and O–H groups in total. The Labute approximate surface area is 112 Å². The Bertz CT molecular complexity index is 485. The number of aryl methyl sites for hydroxylation is 1. The number of hydrogen-bond acceptors (Lipinski definition) is 3. The third kappa shape index (κ3) is 2.29. The molecule has 18 heavy (non-hydrogen) atoms. The molecule has 4 heteroatoms. The molecule has 1 amide bonds. The first kappa shape index (κ1) is 13.1. The minimum Gasteiger partial charge on any atom is -0.304 e. The van der Waals surface area contributed by atoms with Gasteiger partial charge >= 0.3 is 0 Å². The fourth-order valence-corrected chi connectivity index (χ4v) is 2.84. The zero-order valence-corrected chi connectivity index (χ0v) is 11.5. The van der Waals surface area contributed by atoms with Crippen LogP contribution in [0.1, 0.15) is 29.3 Å². The van der Waals surface area contributed by atoms with E-state index in [9.17, 15) is 9.59 Å². The van der Waals surface area contributed by atoms with Crippen LogP contribution in [0.15, 0.2) is 18.2 Å². The Kier molecular flexibility index (Phi) is 4.07. The van der Waals surface area contributed by atoms with Gasteiger partial charge in [-0.25, -0.2) is 0 Å². The van der Waals surface area contributed by atoms with Gasteiger partial charge < -0.3 is 4.90 Å². The molecule has 0 spiro atoms. The van der Waals surface area contributed by atoms with Gasteiger partial charge in [0.25, 0.3) is 11.7 Å². The summed E-state index contributed by atoms with van der Waals surface area (Å²) in [5.41, 5.74) is 2.37. The SMILES string of the molecule is CCSCCCN1C(=O)C(=O)c2cccc(C)c21. The normalized spacial score (nSPS) is 14.2. The van der Waals surface area contributed by atoms with Crippen LogP contribution >= 0.6 is 11.8 Å². The van der Waals surface area contributed by atoms with Gasteiger partial charge in [-0.15, -0.1) is 0 Å². The number of amides is 1. The second-order valence-corrected chi connectivity index (χ2v) is 5.70. The molecular formula is C14H17NO2S. The van der Waals surface area contributed by atoms with Crippen molar-refractivity contribution in [2.24, 2.45) is 0 Å². The monoisotopic (exact) mass is 263 g/mol. The highest BCUT2D eigenvalue weighted by molar-refractivity contribution is 7.99. The van der Waals surface area contributed by atoms with Crippen molar-refractivity contribution in [2.75, 3.05) is 23.0 Å². The molecule has 0 fully saturated rings. The minimum absolute atomic E-state index is 0.364. The highest BCUT2D eigenvalue weighted by Gasteiger charge is 2.36. The van der Waals surface area contributed by atoms with E-state index in [1.807, 2.05) is 30.8 Å². The van der Waals surface area contributed by atoms with E-state index in [2.05, 4.69) is 6.92 Å². The van der Waals surface area contributed by atoms with Crippen LogP contribution in [0.25, 0.3) is 0 Å². The molecule has 0 unspecified atom stereocenters. The van der Waals surface area contributed by atoms with Crippen LogP contribution in [-0.4, -0.2) is 29.7 Å². The maximum Gasteiger partial charge on any atom is 0.299 e. The topological polar surface area (TPSA) is 37.4 Å². The van der Waals surface area contributed by atoms with Gasteiger partial charge in [-0.05, 0) is 36.5 Å². The molecule has 1 aromatic rings. The summed E-state index contributed by atoms with van der Waals surface area (Å²) in [7, 11) is 0. The summed E-state index contributed by atoms with van der Waals surface area (Å²) in [5.74, 6) is 1.37. The third-order valence-corrected chi connectivity index (χ3v) is 4.05. The van der Waals surface area contributed by atoms with Gasteiger partial charge in [0.1, 0.15) is 0 Å². The number of Topliss-reactive ketones (excluding diaryl/α,β-unsaturated/α-hetero) is 1. The number of rotatable bonds is 5. The van der Waals surface area contributed by atoms with E-state index in [0.717, 1.165) is 29.2 Å². The van der Waals surface area contributed by atoms with Crippen molar-refractivity contribution in [1.82, 2.24) is 0 Å². The van der Waals surface area contributed by atoms with Crippen molar-refractivity contribution >= 4 is 29.1 Å². The molecule has 1 aliphatic rings. The number of benzene rings is 1. The Morgan fingerprint density at radius 3 is 2.78 bits per heavy atom. The van der Waals surface area contributed by atoms with E-state index in [1.54, 1.807) is 11.0 Å². The zero-order valence-electron chi connectivity index (χ0n) is 10.7. The molecule has 3 nitrogen and oxygen atoms in total. The molecule has 0 atom stereocenters. The molecule has 0 bridgehead atoms. The van der Waals surface area contributed by atoms with Crippen molar-refractivity contribution in [2.45, 2.75) is 20.3 Å². The van der Waals surface area contributed by atoms with Crippen molar-refractivity contribution in [1.29, 1.82) is 0 Å². The number of thioether (sulfide) groups is 1. The highest BCUT2D eigenvalue weighted by atomic mass is 32.2. The van der Waals surface area contributed by atoms with Crippen molar-refractivity contribution in [3.63, 3.8) is 0 Å². The van der Waals surface area contributed by atoms with Crippen molar-refractivity contribution < 1.29 is 9.59 Å². The zero-order chi connectivity index (χ0) is 13.1. The van der Waals surface area contributed by atoms with Gasteiger partial charge in [-0.1, -0.05) is 19.1 Å². The van der Waals surface area contributed by atoms with Crippen LogP contribution in [0.5, 0.6) is 0 Å². The van der Waals surface area contributed by atoms with Gasteiger partial charge in [0.05, 0.1) is 11.3 Å².